The zero-order chi connectivity index (χ0) is 14.3. The molecule has 104 valence electrons. The molecule has 0 saturated heterocycles. The van der Waals surface area contributed by atoms with Gasteiger partial charge in [0.15, 0.2) is 6.10 Å². The highest BCUT2D eigenvalue weighted by Crippen LogP contribution is 2.23. The Morgan fingerprint density at radius 2 is 2.00 bits per heavy atom. The minimum Gasteiger partial charge on any atom is -0.449 e. The molecule has 0 aliphatic rings. The lowest BCUT2D eigenvalue weighted by molar-refractivity contribution is -0.128. The maximum Gasteiger partial charge on any atom is 0.340 e. The van der Waals surface area contributed by atoms with Crippen LogP contribution < -0.4 is 5.32 Å². The molecular weight excluding hydrogens is 262 g/mol. The molecule has 5 heteroatoms. The van der Waals surface area contributed by atoms with Crippen molar-refractivity contribution in [3.05, 3.63) is 29.8 Å². The van der Waals surface area contributed by atoms with Gasteiger partial charge in [0.2, 0.25) is 0 Å². The van der Waals surface area contributed by atoms with E-state index in [0.29, 0.717) is 12.1 Å². The number of carbonyl (C=O) groups excluding carboxylic acids is 2. The van der Waals surface area contributed by atoms with Gasteiger partial charge in [0.05, 0.1) is 5.56 Å². The second-order valence-electron chi connectivity index (χ2n) is 3.87. The quantitative estimate of drug-likeness (QED) is 0.643. The van der Waals surface area contributed by atoms with Gasteiger partial charge in [-0.3, -0.25) is 4.79 Å². The average Bonchev–Trinajstić information content (AvgIpc) is 2.39. The van der Waals surface area contributed by atoms with Crippen LogP contribution in [-0.2, 0) is 9.53 Å². The Morgan fingerprint density at radius 1 is 1.32 bits per heavy atom. The number of amides is 1. The predicted molar refractivity (Wildman–Crippen MR) is 76.4 cm³/mol. The van der Waals surface area contributed by atoms with Gasteiger partial charge in [0.25, 0.3) is 5.91 Å². The number of carbonyl (C=O) groups is 2. The first-order valence-electron chi connectivity index (χ1n) is 6.30. The molecule has 0 unspecified atom stereocenters. The molecule has 1 N–H and O–H groups in total. The highest BCUT2D eigenvalue weighted by Gasteiger charge is 2.19. The van der Waals surface area contributed by atoms with Crippen LogP contribution >= 0.6 is 11.8 Å². The van der Waals surface area contributed by atoms with E-state index in [4.69, 9.17) is 4.74 Å². The van der Waals surface area contributed by atoms with Gasteiger partial charge in [-0.05, 0) is 31.7 Å². The van der Waals surface area contributed by atoms with Gasteiger partial charge in [-0.25, -0.2) is 4.79 Å². The van der Waals surface area contributed by atoms with Crippen LogP contribution in [0.1, 0.15) is 31.1 Å². The molecule has 0 bridgehead atoms. The van der Waals surface area contributed by atoms with Crippen LogP contribution in [0, 0.1) is 0 Å². The van der Waals surface area contributed by atoms with E-state index in [1.54, 1.807) is 30.8 Å². The second-order valence-corrected chi connectivity index (χ2v) is 5.18. The van der Waals surface area contributed by atoms with E-state index in [1.807, 2.05) is 26.0 Å². The number of benzene rings is 1. The summed E-state index contributed by atoms with van der Waals surface area (Å²) in [6.07, 6.45) is -0.785. The minimum atomic E-state index is -0.785. The monoisotopic (exact) mass is 281 g/mol. The molecule has 1 rings (SSSR count). The summed E-state index contributed by atoms with van der Waals surface area (Å²) in [7, 11) is 0. The van der Waals surface area contributed by atoms with E-state index in [-0.39, 0.29) is 5.91 Å². The van der Waals surface area contributed by atoms with E-state index in [0.717, 1.165) is 10.6 Å². The fraction of sp³-hybridized carbons (Fsp3) is 0.429. The molecule has 0 aliphatic heterocycles. The molecule has 0 saturated carbocycles. The number of nitrogens with one attached hydrogen (secondary N) is 1. The van der Waals surface area contributed by atoms with Crippen LogP contribution in [0.3, 0.4) is 0 Å². The molecule has 1 aromatic rings. The van der Waals surface area contributed by atoms with Crippen molar-refractivity contribution in [2.24, 2.45) is 0 Å². The number of esters is 1. The standard InChI is InChI=1S/C14H19NO3S/c1-4-15-13(16)10(3)18-14(17)11-8-6-7-9-12(11)19-5-2/h6-10H,4-5H2,1-3H3,(H,15,16)/t10-/m1/s1. The van der Waals surface area contributed by atoms with Crippen molar-refractivity contribution in [3.8, 4) is 0 Å². The molecule has 0 aliphatic carbocycles. The van der Waals surface area contributed by atoms with Crippen LogP contribution in [0.15, 0.2) is 29.2 Å². The van der Waals surface area contributed by atoms with E-state index in [1.165, 1.54) is 0 Å². The van der Waals surface area contributed by atoms with Crippen molar-refractivity contribution in [2.45, 2.75) is 31.8 Å². The lowest BCUT2D eigenvalue weighted by atomic mass is 10.2. The number of hydrogen-bond donors (Lipinski definition) is 1. The highest BCUT2D eigenvalue weighted by molar-refractivity contribution is 7.99. The lowest BCUT2D eigenvalue weighted by Crippen LogP contribution is -2.35. The van der Waals surface area contributed by atoms with Gasteiger partial charge in [0, 0.05) is 11.4 Å². The summed E-state index contributed by atoms with van der Waals surface area (Å²) in [4.78, 5) is 24.4. The number of ether oxygens (including phenoxy) is 1. The number of thioether (sulfide) groups is 1. The Labute approximate surface area is 117 Å². The zero-order valence-electron chi connectivity index (χ0n) is 11.4. The Hall–Kier alpha value is -1.49. The van der Waals surface area contributed by atoms with Crippen molar-refractivity contribution in [2.75, 3.05) is 12.3 Å². The molecule has 4 nitrogen and oxygen atoms in total. The summed E-state index contributed by atoms with van der Waals surface area (Å²) in [5.41, 5.74) is 0.505. The summed E-state index contributed by atoms with van der Waals surface area (Å²) in [5, 5.41) is 2.62. The Balaban J connectivity index is 2.75. The van der Waals surface area contributed by atoms with Gasteiger partial charge in [-0.1, -0.05) is 19.1 Å². The maximum absolute atomic E-state index is 12.0. The van der Waals surface area contributed by atoms with Crippen LogP contribution in [0.2, 0.25) is 0 Å². The second kappa shape index (κ2) is 7.84. The molecule has 0 heterocycles. The normalized spacial score (nSPS) is 11.7. The summed E-state index contributed by atoms with van der Waals surface area (Å²) >= 11 is 1.57. The van der Waals surface area contributed by atoms with Crippen molar-refractivity contribution >= 4 is 23.6 Å². The van der Waals surface area contributed by atoms with Crippen molar-refractivity contribution in [1.82, 2.24) is 5.32 Å². The molecular formula is C14H19NO3S. The van der Waals surface area contributed by atoms with E-state index in [2.05, 4.69) is 5.32 Å². The largest absolute Gasteiger partial charge is 0.449 e. The van der Waals surface area contributed by atoms with Gasteiger partial charge in [-0.15, -0.1) is 11.8 Å². The summed E-state index contributed by atoms with van der Waals surface area (Å²) in [6.45, 7) is 5.92. The Kier molecular flexibility index (Phi) is 6.42. The number of likely N-dealkylation sites (N-methyl/N-ethyl adjacent to an activating group) is 1. The van der Waals surface area contributed by atoms with Gasteiger partial charge >= 0.3 is 5.97 Å². The Morgan fingerprint density at radius 3 is 2.63 bits per heavy atom. The Bertz CT molecular complexity index is 448. The number of hydrogen-bond acceptors (Lipinski definition) is 4. The third-order valence-corrected chi connectivity index (χ3v) is 3.37. The van der Waals surface area contributed by atoms with Crippen molar-refractivity contribution < 1.29 is 14.3 Å². The molecule has 0 aromatic heterocycles. The van der Waals surface area contributed by atoms with Gasteiger partial charge < -0.3 is 10.1 Å². The van der Waals surface area contributed by atoms with Crippen LogP contribution in [0.5, 0.6) is 0 Å². The smallest absolute Gasteiger partial charge is 0.340 e. The third-order valence-electron chi connectivity index (χ3n) is 2.41. The fourth-order valence-electron chi connectivity index (χ4n) is 1.51. The minimum absolute atomic E-state index is 0.281. The topological polar surface area (TPSA) is 55.4 Å². The summed E-state index contributed by atoms with van der Waals surface area (Å²) in [6, 6.07) is 7.25. The fourth-order valence-corrected chi connectivity index (χ4v) is 2.30. The maximum atomic E-state index is 12.0. The SMILES string of the molecule is CCNC(=O)[C@@H](C)OC(=O)c1ccccc1SCC. The van der Waals surface area contributed by atoms with E-state index in [9.17, 15) is 9.59 Å². The summed E-state index contributed by atoms with van der Waals surface area (Å²) in [5.74, 6) is 0.127. The molecule has 1 amide bonds. The van der Waals surface area contributed by atoms with Gasteiger partial charge in [0.1, 0.15) is 0 Å². The van der Waals surface area contributed by atoms with E-state index < -0.39 is 12.1 Å². The zero-order valence-corrected chi connectivity index (χ0v) is 12.3. The molecule has 0 fully saturated rings. The lowest BCUT2D eigenvalue weighted by Gasteiger charge is -2.14. The van der Waals surface area contributed by atoms with Crippen molar-refractivity contribution in [1.29, 1.82) is 0 Å². The number of rotatable bonds is 6. The predicted octanol–water partition coefficient (Wildman–Crippen LogP) is 2.48. The van der Waals surface area contributed by atoms with Crippen LogP contribution in [0.25, 0.3) is 0 Å². The molecule has 0 radical (unpaired) electrons. The molecule has 1 atom stereocenters. The summed E-state index contributed by atoms with van der Waals surface area (Å²) < 4.78 is 5.17. The van der Waals surface area contributed by atoms with Gasteiger partial charge in [-0.2, -0.15) is 0 Å². The first-order chi connectivity index (χ1) is 9.10. The third kappa shape index (κ3) is 4.59. The first kappa shape index (κ1) is 15.6. The van der Waals surface area contributed by atoms with Crippen LogP contribution in [0.4, 0.5) is 0 Å². The van der Waals surface area contributed by atoms with E-state index >= 15 is 0 Å². The van der Waals surface area contributed by atoms with Crippen molar-refractivity contribution in [3.63, 3.8) is 0 Å². The molecule has 0 spiro atoms. The molecule has 19 heavy (non-hydrogen) atoms. The highest BCUT2D eigenvalue weighted by atomic mass is 32.2. The molecule has 1 aromatic carbocycles. The van der Waals surface area contributed by atoms with Crippen LogP contribution in [-0.4, -0.2) is 30.3 Å². The first-order valence-corrected chi connectivity index (χ1v) is 7.29. The average molecular weight is 281 g/mol.